The molecule has 6 rings (SSSR count). The molecule has 1 atom stereocenters. The van der Waals surface area contributed by atoms with E-state index in [0.29, 0.717) is 58.0 Å². The molecule has 0 saturated carbocycles. The minimum Gasteiger partial charge on any atom is -0.494 e. The molecule has 238 valence electrons. The molecule has 4 heterocycles. The van der Waals surface area contributed by atoms with Crippen LogP contribution in [0.4, 0.5) is 15.8 Å². The molecule has 0 radical (unpaired) electrons. The van der Waals surface area contributed by atoms with Gasteiger partial charge in [-0.05, 0) is 63.8 Å². The Morgan fingerprint density at radius 3 is 2.65 bits per heavy atom. The van der Waals surface area contributed by atoms with E-state index >= 15 is 0 Å². The van der Waals surface area contributed by atoms with Gasteiger partial charge in [0.2, 0.25) is 0 Å². The highest BCUT2D eigenvalue weighted by Gasteiger charge is 2.38. The number of anilines is 2. The van der Waals surface area contributed by atoms with Gasteiger partial charge >= 0.3 is 0 Å². The number of likely N-dealkylation sites (tertiary alicyclic amines) is 1. The van der Waals surface area contributed by atoms with E-state index in [9.17, 15) is 14.0 Å². The van der Waals surface area contributed by atoms with Crippen LogP contribution in [0, 0.1) is 5.82 Å². The second-order valence-corrected chi connectivity index (χ2v) is 11.2. The van der Waals surface area contributed by atoms with Crippen LogP contribution in [0.5, 0.6) is 5.75 Å². The standard InChI is InChI=1S/C35H37FN6O4/c1-4-9-29-28(5-2)34(43)41(35(29)44)14-13-40(26-16-24(36)17-27(18-26)45-6-3)25-11-12-30-31(19-25)39-32(21-37-30)23-20-38-42(22-23)33-10-7-8-15-46-33/h5,9,11-12,16-22,33H,4,6-8,10,13-15H2,1-3H3/b28-5+,29-9+. The van der Waals surface area contributed by atoms with Crippen LogP contribution in [0.3, 0.4) is 0 Å². The first-order valence-electron chi connectivity index (χ1n) is 15.8. The Hall–Kier alpha value is -4.90. The lowest BCUT2D eigenvalue weighted by Crippen LogP contribution is -2.36. The number of rotatable bonds is 10. The van der Waals surface area contributed by atoms with Gasteiger partial charge in [0.25, 0.3) is 11.8 Å². The lowest BCUT2D eigenvalue weighted by Gasteiger charge is -2.27. The molecular formula is C35H37FN6O4. The number of hydrogen-bond donors (Lipinski definition) is 0. The zero-order valence-electron chi connectivity index (χ0n) is 26.3. The number of imide groups is 1. The Morgan fingerprint density at radius 2 is 1.89 bits per heavy atom. The molecule has 4 aromatic rings. The fraction of sp³-hybridized carbons (Fsp3) is 0.343. The third-order valence-electron chi connectivity index (χ3n) is 8.15. The van der Waals surface area contributed by atoms with Crippen molar-refractivity contribution in [3.63, 3.8) is 0 Å². The molecule has 2 saturated heterocycles. The van der Waals surface area contributed by atoms with Gasteiger partial charge in [-0.15, -0.1) is 0 Å². The van der Waals surface area contributed by atoms with E-state index in [0.717, 1.165) is 31.4 Å². The molecule has 10 nitrogen and oxygen atoms in total. The normalized spacial score (nSPS) is 18.7. The molecule has 0 aliphatic carbocycles. The number of aromatic nitrogens is 4. The van der Waals surface area contributed by atoms with Crippen molar-refractivity contribution in [2.45, 2.75) is 52.7 Å². The molecule has 0 bridgehead atoms. The van der Waals surface area contributed by atoms with Crippen LogP contribution in [-0.4, -0.2) is 62.8 Å². The maximum atomic E-state index is 14.9. The first-order valence-corrected chi connectivity index (χ1v) is 15.8. The van der Waals surface area contributed by atoms with Gasteiger partial charge in [0.1, 0.15) is 17.8 Å². The van der Waals surface area contributed by atoms with E-state index in [1.807, 2.05) is 47.8 Å². The van der Waals surface area contributed by atoms with Gasteiger partial charge in [-0.1, -0.05) is 19.1 Å². The van der Waals surface area contributed by atoms with Crippen molar-refractivity contribution in [2.75, 3.05) is 31.2 Å². The summed E-state index contributed by atoms with van der Waals surface area (Å²) in [6.07, 6.45) is 12.5. The molecule has 1 unspecified atom stereocenters. The van der Waals surface area contributed by atoms with Crippen LogP contribution >= 0.6 is 0 Å². The number of halogens is 1. The summed E-state index contributed by atoms with van der Waals surface area (Å²) in [5.41, 5.74) is 4.79. The number of fused-ring (bicyclic) bond motifs is 1. The largest absolute Gasteiger partial charge is 0.494 e. The van der Waals surface area contributed by atoms with E-state index in [4.69, 9.17) is 14.5 Å². The topological polar surface area (TPSA) is 103 Å². The summed E-state index contributed by atoms with van der Waals surface area (Å²) in [4.78, 5) is 39.1. The molecular weight excluding hydrogens is 587 g/mol. The Balaban J connectivity index is 1.35. The van der Waals surface area contributed by atoms with E-state index in [1.54, 1.807) is 37.5 Å². The molecule has 11 heteroatoms. The quantitative estimate of drug-likeness (QED) is 0.145. The zero-order valence-corrected chi connectivity index (χ0v) is 26.3. The second-order valence-electron chi connectivity index (χ2n) is 11.2. The number of allylic oxidation sites excluding steroid dienone is 2. The van der Waals surface area contributed by atoms with Crippen LogP contribution < -0.4 is 9.64 Å². The van der Waals surface area contributed by atoms with Gasteiger partial charge in [-0.25, -0.2) is 14.1 Å². The van der Waals surface area contributed by atoms with Crippen LogP contribution in [0.25, 0.3) is 22.3 Å². The Morgan fingerprint density at radius 1 is 1.04 bits per heavy atom. The molecule has 0 spiro atoms. The maximum absolute atomic E-state index is 14.9. The van der Waals surface area contributed by atoms with Gasteiger partial charge in [-0.3, -0.25) is 19.5 Å². The fourth-order valence-electron chi connectivity index (χ4n) is 5.92. The predicted molar refractivity (Wildman–Crippen MR) is 173 cm³/mol. The second kappa shape index (κ2) is 13.6. The van der Waals surface area contributed by atoms with Gasteiger partial charge in [-0.2, -0.15) is 5.10 Å². The molecule has 46 heavy (non-hydrogen) atoms. The van der Waals surface area contributed by atoms with Crippen LogP contribution in [0.1, 0.15) is 52.7 Å². The van der Waals surface area contributed by atoms with E-state index in [2.05, 4.69) is 10.1 Å². The summed E-state index contributed by atoms with van der Waals surface area (Å²) in [6.45, 7) is 6.89. The lowest BCUT2D eigenvalue weighted by atomic mass is 10.1. The van der Waals surface area contributed by atoms with Crippen LogP contribution in [0.15, 0.2) is 78.3 Å². The summed E-state index contributed by atoms with van der Waals surface area (Å²) < 4.78 is 28.2. The highest BCUT2D eigenvalue weighted by Crippen LogP contribution is 2.33. The molecule has 0 N–H and O–H groups in total. The molecule has 2 amide bonds. The lowest BCUT2D eigenvalue weighted by molar-refractivity contribution is -0.136. The molecule has 2 fully saturated rings. The maximum Gasteiger partial charge on any atom is 0.261 e. The van der Waals surface area contributed by atoms with Crippen molar-refractivity contribution >= 4 is 34.2 Å². The van der Waals surface area contributed by atoms with Gasteiger partial charge in [0.15, 0.2) is 0 Å². The van der Waals surface area contributed by atoms with Crippen LogP contribution in [0.2, 0.25) is 0 Å². The predicted octanol–water partition coefficient (Wildman–Crippen LogP) is 6.52. The third kappa shape index (κ3) is 6.28. The van der Waals surface area contributed by atoms with E-state index < -0.39 is 5.82 Å². The molecule has 2 aliphatic heterocycles. The molecule has 2 aromatic carbocycles. The van der Waals surface area contributed by atoms with Crippen molar-refractivity contribution < 1.29 is 23.5 Å². The number of carbonyl (C=O) groups excluding carboxylic acids is 2. The van der Waals surface area contributed by atoms with Crippen molar-refractivity contribution in [3.8, 4) is 17.0 Å². The van der Waals surface area contributed by atoms with E-state index in [-0.39, 0.29) is 31.1 Å². The Bertz CT molecular complexity index is 1830. The fourth-order valence-corrected chi connectivity index (χ4v) is 5.92. The average Bonchev–Trinajstić information content (AvgIpc) is 3.64. The summed E-state index contributed by atoms with van der Waals surface area (Å²) >= 11 is 0. The summed E-state index contributed by atoms with van der Waals surface area (Å²) in [5, 5.41) is 4.52. The third-order valence-corrected chi connectivity index (χ3v) is 8.15. The Labute approximate surface area is 267 Å². The number of carbonyl (C=O) groups is 2. The first kappa shape index (κ1) is 31.1. The smallest absolute Gasteiger partial charge is 0.261 e. The number of ether oxygens (including phenoxy) is 2. The first-order chi connectivity index (χ1) is 22.4. The summed E-state index contributed by atoms with van der Waals surface area (Å²) in [5.74, 6) is -0.760. The highest BCUT2D eigenvalue weighted by atomic mass is 19.1. The van der Waals surface area contributed by atoms with E-state index in [1.165, 1.54) is 17.0 Å². The summed E-state index contributed by atoms with van der Waals surface area (Å²) in [6, 6.07) is 10.1. The number of amides is 2. The number of hydrogen-bond acceptors (Lipinski definition) is 8. The molecule has 2 aromatic heterocycles. The SMILES string of the molecule is C/C=C1/C(=O)N(CCN(c2cc(F)cc(OCC)c2)c2ccc3ncc(-c4cnn(C5CCCCO5)c4)nc3c2)C(=O)/C1=C/CC. The van der Waals surface area contributed by atoms with Gasteiger partial charge in [0.05, 0.1) is 35.7 Å². The van der Waals surface area contributed by atoms with Gasteiger partial charge in [0, 0.05) is 66.1 Å². The minimum atomic E-state index is -0.467. The highest BCUT2D eigenvalue weighted by molar-refractivity contribution is 6.24. The van der Waals surface area contributed by atoms with Crippen molar-refractivity contribution in [3.05, 3.63) is 84.1 Å². The van der Waals surface area contributed by atoms with Gasteiger partial charge < -0.3 is 14.4 Å². The minimum absolute atomic E-state index is 0.0860. The van der Waals surface area contributed by atoms with Crippen molar-refractivity contribution in [2.24, 2.45) is 0 Å². The van der Waals surface area contributed by atoms with Crippen molar-refractivity contribution in [1.82, 2.24) is 24.6 Å². The molecule has 2 aliphatic rings. The van der Waals surface area contributed by atoms with Crippen molar-refractivity contribution in [1.29, 1.82) is 0 Å². The zero-order chi connectivity index (χ0) is 32.2. The monoisotopic (exact) mass is 624 g/mol. The number of nitrogens with zero attached hydrogens (tertiary/aromatic N) is 6. The average molecular weight is 625 g/mol. The van der Waals surface area contributed by atoms with Crippen LogP contribution in [-0.2, 0) is 14.3 Å². The summed E-state index contributed by atoms with van der Waals surface area (Å²) in [7, 11) is 0. The Kier molecular flexibility index (Phi) is 9.20. The number of benzene rings is 2.